The average Bonchev–Trinajstić information content (AvgIpc) is 3.21. The minimum absolute atomic E-state index is 0.154. The fourth-order valence-electron chi connectivity index (χ4n) is 3.58. The summed E-state index contributed by atoms with van der Waals surface area (Å²) in [6.45, 7) is 0. The van der Waals surface area contributed by atoms with E-state index in [4.69, 9.17) is 19.2 Å². The average molecular weight is 432 g/mol. The van der Waals surface area contributed by atoms with E-state index in [0.717, 1.165) is 22.7 Å². The van der Waals surface area contributed by atoms with Gasteiger partial charge in [-0.3, -0.25) is 9.36 Å². The topological polar surface area (TPSA) is 87.5 Å². The second-order valence-electron chi connectivity index (χ2n) is 7.01. The number of nitrogens with zero attached hydrogens (tertiary/aromatic N) is 3. The number of pyridine rings is 1. The number of para-hydroxylation sites is 1. The van der Waals surface area contributed by atoms with Crippen molar-refractivity contribution in [3.05, 3.63) is 66.6 Å². The fourth-order valence-corrected chi connectivity index (χ4v) is 3.58. The van der Waals surface area contributed by atoms with Gasteiger partial charge in [0.15, 0.2) is 17.1 Å². The van der Waals surface area contributed by atoms with Gasteiger partial charge in [0, 0.05) is 42.5 Å². The van der Waals surface area contributed by atoms with Crippen LogP contribution in [0.4, 0.5) is 5.69 Å². The van der Waals surface area contributed by atoms with Gasteiger partial charge < -0.3 is 19.5 Å². The van der Waals surface area contributed by atoms with E-state index in [1.54, 1.807) is 18.3 Å². The molecule has 0 bridgehead atoms. The smallest absolute Gasteiger partial charge is 0.224 e. The van der Waals surface area contributed by atoms with Crippen molar-refractivity contribution in [2.75, 3.05) is 26.6 Å². The number of amides is 1. The summed E-state index contributed by atoms with van der Waals surface area (Å²) in [5, 5.41) is 2.90. The van der Waals surface area contributed by atoms with Gasteiger partial charge in [-0.25, -0.2) is 9.97 Å². The standard InChI is InChI=1S/C24H24N4O4/c1-30-19-14-16(15-20(31-2)23(19)32-3)26-22(29)12-11-21-27-18-10-7-13-25-24(18)28(21)17-8-5-4-6-9-17/h4-10,13-15H,11-12H2,1-3H3,(H,26,29). The van der Waals surface area contributed by atoms with Crippen molar-refractivity contribution >= 4 is 22.8 Å². The molecule has 4 aromatic rings. The van der Waals surface area contributed by atoms with Crippen LogP contribution in [0.25, 0.3) is 16.9 Å². The van der Waals surface area contributed by atoms with Crippen LogP contribution in [0.1, 0.15) is 12.2 Å². The third-order valence-corrected chi connectivity index (χ3v) is 5.02. The Balaban J connectivity index is 1.55. The number of benzene rings is 2. The summed E-state index contributed by atoms with van der Waals surface area (Å²) >= 11 is 0. The molecular formula is C24H24N4O4. The van der Waals surface area contributed by atoms with Crippen LogP contribution in [0.5, 0.6) is 17.2 Å². The molecule has 2 heterocycles. The van der Waals surface area contributed by atoms with Gasteiger partial charge in [0.25, 0.3) is 0 Å². The van der Waals surface area contributed by atoms with Crippen molar-refractivity contribution in [3.63, 3.8) is 0 Å². The molecule has 0 radical (unpaired) electrons. The molecule has 0 saturated carbocycles. The van der Waals surface area contributed by atoms with Crippen molar-refractivity contribution in [1.29, 1.82) is 0 Å². The van der Waals surface area contributed by atoms with E-state index in [9.17, 15) is 4.79 Å². The summed E-state index contributed by atoms with van der Waals surface area (Å²) in [6.07, 6.45) is 2.43. The summed E-state index contributed by atoms with van der Waals surface area (Å²) in [7, 11) is 4.60. The second kappa shape index (κ2) is 9.38. The van der Waals surface area contributed by atoms with Gasteiger partial charge in [0.2, 0.25) is 11.7 Å². The molecule has 4 rings (SSSR count). The first kappa shape index (κ1) is 21.2. The van der Waals surface area contributed by atoms with Gasteiger partial charge in [-0.15, -0.1) is 0 Å². The molecular weight excluding hydrogens is 408 g/mol. The van der Waals surface area contributed by atoms with E-state index in [2.05, 4.69) is 10.3 Å². The number of ether oxygens (including phenoxy) is 3. The van der Waals surface area contributed by atoms with E-state index in [0.29, 0.717) is 29.4 Å². The van der Waals surface area contributed by atoms with Gasteiger partial charge in [-0.1, -0.05) is 18.2 Å². The molecule has 0 aliphatic rings. The monoisotopic (exact) mass is 432 g/mol. The Bertz CT molecular complexity index is 1210. The van der Waals surface area contributed by atoms with Crippen LogP contribution in [-0.4, -0.2) is 41.8 Å². The summed E-state index contributed by atoms with van der Waals surface area (Å²) in [5.74, 6) is 2.03. The first-order chi connectivity index (χ1) is 15.6. The summed E-state index contributed by atoms with van der Waals surface area (Å²) in [4.78, 5) is 21.9. The number of rotatable bonds is 8. The number of nitrogens with one attached hydrogen (secondary N) is 1. The van der Waals surface area contributed by atoms with Gasteiger partial charge in [0.05, 0.1) is 21.3 Å². The Morgan fingerprint density at radius 3 is 2.34 bits per heavy atom. The number of hydrogen-bond acceptors (Lipinski definition) is 6. The lowest BCUT2D eigenvalue weighted by atomic mass is 10.2. The lowest BCUT2D eigenvalue weighted by Gasteiger charge is -2.14. The van der Waals surface area contributed by atoms with Crippen LogP contribution in [0, 0.1) is 0 Å². The van der Waals surface area contributed by atoms with Crippen LogP contribution >= 0.6 is 0 Å². The van der Waals surface area contributed by atoms with E-state index in [1.807, 2.05) is 47.0 Å². The first-order valence-electron chi connectivity index (χ1n) is 10.1. The van der Waals surface area contributed by atoms with Crippen LogP contribution in [0.2, 0.25) is 0 Å². The number of carbonyl (C=O) groups excluding carboxylic acids is 1. The highest BCUT2D eigenvalue weighted by atomic mass is 16.5. The normalized spacial score (nSPS) is 10.7. The third-order valence-electron chi connectivity index (χ3n) is 5.02. The lowest BCUT2D eigenvalue weighted by molar-refractivity contribution is -0.116. The second-order valence-corrected chi connectivity index (χ2v) is 7.01. The first-order valence-corrected chi connectivity index (χ1v) is 10.1. The fraction of sp³-hybridized carbons (Fsp3) is 0.208. The molecule has 1 amide bonds. The van der Waals surface area contributed by atoms with Crippen molar-refractivity contribution in [2.24, 2.45) is 0 Å². The SMILES string of the molecule is COc1cc(NC(=O)CCc2nc3cccnc3n2-c2ccccc2)cc(OC)c1OC. The molecule has 0 saturated heterocycles. The maximum absolute atomic E-state index is 12.7. The van der Waals surface area contributed by atoms with Crippen LogP contribution in [-0.2, 0) is 11.2 Å². The summed E-state index contributed by atoms with van der Waals surface area (Å²) in [6, 6.07) is 17.0. The van der Waals surface area contributed by atoms with E-state index < -0.39 is 0 Å². The molecule has 164 valence electrons. The van der Waals surface area contributed by atoms with Gasteiger partial charge in [-0.05, 0) is 24.3 Å². The highest BCUT2D eigenvalue weighted by Gasteiger charge is 2.17. The Morgan fingerprint density at radius 2 is 1.69 bits per heavy atom. The zero-order chi connectivity index (χ0) is 22.5. The minimum atomic E-state index is -0.154. The Labute approximate surface area is 185 Å². The quantitative estimate of drug-likeness (QED) is 0.453. The largest absolute Gasteiger partial charge is 0.493 e. The van der Waals surface area contributed by atoms with E-state index in [1.165, 1.54) is 21.3 Å². The number of imidazole rings is 1. The Morgan fingerprint density at radius 1 is 0.969 bits per heavy atom. The Kier molecular flexibility index (Phi) is 6.21. The van der Waals surface area contributed by atoms with Crippen LogP contribution in [0.3, 0.4) is 0 Å². The summed E-state index contributed by atoms with van der Waals surface area (Å²) < 4.78 is 18.0. The number of anilines is 1. The number of aromatic nitrogens is 3. The molecule has 8 nitrogen and oxygen atoms in total. The predicted molar refractivity (Wildman–Crippen MR) is 122 cm³/mol. The number of carbonyl (C=O) groups is 1. The minimum Gasteiger partial charge on any atom is -0.493 e. The van der Waals surface area contributed by atoms with Crippen molar-refractivity contribution in [1.82, 2.24) is 14.5 Å². The molecule has 0 aliphatic carbocycles. The van der Waals surface area contributed by atoms with E-state index in [-0.39, 0.29) is 12.3 Å². The van der Waals surface area contributed by atoms with Crippen molar-refractivity contribution in [3.8, 4) is 22.9 Å². The number of hydrogen-bond donors (Lipinski definition) is 1. The maximum atomic E-state index is 12.7. The third kappa shape index (κ3) is 4.20. The summed E-state index contributed by atoms with van der Waals surface area (Å²) in [5.41, 5.74) is 3.06. The molecule has 0 atom stereocenters. The van der Waals surface area contributed by atoms with Crippen molar-refractivity contribution < 1.29 is 19.0 Å². The van der Waals surface area contributed by atoms with E-state index >= 15 is 0 Å². The van der Waals surface area contributed by atoms with Crippen LogP contribution in [0.15, 0.2) is 60.8 Å². The van der Waals surface area contributed by atoms with Gasteiger partial charge >= 0.3 is 0 Å². The molecule has 0 spiro atoms. The predicted octanol–water partition coefficient (Wildman–Crippen LogP) is 4.02. The molecule has 2 aromatic heterocycles. The zero-order valence-corrected chi connectivity index (χ0v) is 18.2. The molecule has 0 aliphatic heterocycles. The van der Waals surface area contributed by atoms with Crippen molar-refractivity contribution in [2.45, 2.75) is 12.8 Å². The number of aryl methyl sites for hydroxylation is 1. The zero-order valence-electron chi connectivity index (χ0n) is 18.2. The molecule has 32 heavy (non-hydrogen) atoms. The highest BCUT2D eigenvalue weighted by molar-refractivity contribution is 5.91. The molecule has 1 N–H and O–H groups in total. The van der Waals surface area contributed by atoms with Gasteiger partial charge in [0.1, 0.15) is 11.3 Å². The highest BCUT2D eigenvalue weighted by Crippen LogP contribution is 2.40. The molecule has 0 fully saturated rings. The molecule has 2 aromatic carbocycles. The molecule has 0 unspecified atom stereocenters. The maximum Gasteiger partial charge on any atom is 0.224 e. The number of fused-ring (bicyclic) bond motifs is 1. The number of methoxy groups -OCH3 is 3. The Hall–Kier alpha value is -4.07. The van der Waals surface area contributed by atoms with Gasteiger partial charge in [-0.2, -0.15) is 0 Å². The lowest BCUT2D eigenvalue weighted by Crippen LogP contribution is -2.14. The van der Waals surface area contributed by atoms with Crippen LogP contribution < -0.4 is 19.5 Å². The molecule has 8 heteroatoms.